The number of carbonyl (C=O) groups is 2. The minimum Gasteiger partial charge on any atom is -0.378 e. The molecule has 2 fully saturated rings. The quantitative estimate of drug-likeness (QED) is 0.699. The van der Waals surface area contributed by atoms with Gasteiger partial charge in [-0.3, -0.25) is 4.79 Å². The summed E-state index contributed by atoms with van der Waals surface area (Å²) in [5.74, 6) is -0.271. The number of ether oxygens (including phenoxy) is 1. The molecule has 2 rings (SSSR count). The van der Waals surface area contributed by atoms with E-state index in [0.29, 0.717) is 45.6 Å². The van der Waals surface area contributed by atoms with Gasteiger partial charge in [-0.1, -0.05) is 27.7 Å². The summed E-state index contributed by atoms with van der Waals surface area (Å²) < 4.78 is 5.30. The molecule has 2 N–H and O–H groups in total. The Morgan fingerprint density at radius 3 is 2.31 bits per heavy atom. The zero-order chi connectivity index (χ0) is 21.5. The normalized spacial score (nSPS) is 21.1. The second-order valence-corrected chi connectivity index (χ2v) is 9.39. The van der Waals surface area contributed by atoms with E-state index in [9.17, 15) is 14.9 Å². The van der Waals surface area contributed by atoms with Crippen LogP contribution in [-0.4, -0.2) is 79.3 Å². The van der Waals surface area contributed by atoms with Crippen LogP contribution < -0.4 is 10.6 Å². The van der Waals surface area contributed by atoms with Crippen molar-refractivity contribution in [3.8, 4) is 6.07 Å². The van der Waals surface area contributed by atoms with Crippen LogP contribution in [0, 0.1) is 16.7 Å². The van der Waals surface area contributed by atoms with Crippen molar-refractivity contribution in [3.63, 3.8) is 0 Å². The van der Waals surface area contributed by atoms with Gasteiger partial charge in [0.2, 0.25) is 5.91 Å². The van der Waals surface area contributed by atoms with E-state index in [-0.39, 0.29) is 17.4 Å². The summed E-state index contributed by atoms with van der Waals surface area (Å²) in [6.45, 7) is 12.9. The lowest BCUT2D eigenvalue weighted by molar-refractivity contribution is -0.125. The molecule has 0 saturated carbocycles. The van der Waals surface area contributed by atoms with Gasteiger partial charge >= 0.3 is 6.03 Å². The van der Waals surface area contributed by atoms with Crippen molar-refractivity contribution in [1.82, 2.24) is 20.4 Å². The monoisotopic (exact) mass is 407 g/mol. The Hall–Kier alpha value is -1.85. The summed E-state index contributed by atoms with van der Waals surface area (Å²) >= 11 is 0. The third-order valence-corrected chi connectivity index (χ3v) is 5.55. The number of likely N-dealkylation sites (tertiary alicyclic amines) is 1. The Bertz CT molecular complexity index is 596. The minimum atomic E-state index is -0.860. The Kier molecular flexibility index (Phi) is 8.29. The lowest BCUT2D eigenvalue weighted by Gasteiger charge is -2.39. The highest BCUT2D eigenvalue weighted by Gasteiger charge is 2.39. The number of urea groups is 1. The van der Waals surface area contributed by atoms with Crippen LogP contribution in [0.5, 0.6) is 0 Å². The molecule has 8 nitrogen and oxygen atoms in total. The maximum absolute atomic E-state index is 13.1. The second kappa shape index (κ2) is 10.3. The van der Waals surface area contributed by atoms with E-state index in [1.54, 1.807) is 4.90 Å². The minimum absolute atomic E-state index is 0.148. The van der Waals surface area contributed by atoms with Crippen LogP contribution in [0.4, 0.5) is 4.79 Å². The van der Waals surface area contributed by atoms with Gasteiger partial charge in [0.1, 0.15) is 11.6 Å². The van der Waals surface area contributed by atoms with Gasteiger partial charge in [0.05, 0.1) is 19.3 Å². The maximum Gasteiger partial charge on any atom is 0.318 e. The van der Waals surface area contributed by atoms with Crippen LogP contribution in [0.3, 0.4) is 0 Å². The fraction of sp³-hybridized carbons (Fsp3) is 0.857. The first kappa shape index (κ1) is 23.4. The number of nitrogens with zero attached hydrogens (tertiary/aromatic N) is 3. The molecule has 0 aromatic rings. The lowest BCUT2D eigenvalue weighted by Crippen LogP contribution is -2.60. The van der Waals surface area contributed by atoms with Gasteiger partial charge in [0.15, 0.2) is 0 Å². The molecule has 2 aliphatic rings. The molecule has 8 heteroatoms. The molecule has 0 aliphatic carbocycles. The summed E-state index contributed by atoms with van der Waals surface area (Å²) in [6, 6.07) is 1.42. The average molecular weight is 408 g/mol. The number of amides is 3. The van der Waals surface area contributed by atoms with Crippen molar-refractivity contribution in [2.45, 2.75) is 65.0 Å². The first-order chi connectivity index (χ1) is 13.7. The Morgan fingerprint density at radius 1 is 1.17 bits per heavy atom. The van der Waals surface area contributed by atoms with Crippen molar-refractivity contribution in [3.05, 3.63) is 0 Å². The molecule has 0 aromatic heterocycles. The third kappa shape index (κ3) is 7.16. The number of hydrogen-bond acceptors (Lipinski definition) is 5. The van der Waals surface area contributed by atoms with E-state index in [2.05, 4.69) is 28.5 Å². The number of carbonyl (C=O) groups excluding carboxylic acids is 2. The smallest absolute Gasteiger partial charge is 0.318 e. The van der Waals surface area contributed by atoms with Gasteiger partial charge in [-0.05, 0) is 37.6 Å². The standard InChI is InChI=1S/C21H37N5O3/c1-5-8-25-9-6-21(16-22,7-10-25)24-18(27)17(15-20(2,3)4)23-19(28)26-11-13-29-14-12-26/h17H,5-15H2,1-4H3,(H,23,28)(H,24,27)/t17-/m0/s1. The molecule has 1 atom stereocenters. The molecule has 2 aliphatic heterocycles. The van der Waals surface area contributed by atoms with Crippen LogP contribution in [-0.2, 0) is 9.53 Å². The number of morpholine rings is 1. The Labute approximate surface area is 174 Å². The van der Waals surface area contributed by atoms with Crippen molar-refractivity contribution >= 4 is 11.9 Å². The summed E-state index contributed by atoms with van der Waals surface area (Å²) in [4.78, 5) is 29.8. The second-order valence-electron chi connectivity index (χ2n) is 9.39. The highest BCUT2D eigenvalue weighted by atomic mass is 16.5. The van der Waals surface area contributed by atoms with E-state index in [1.807, 2.05) is 20.8 Å². The lowest BCUT2D eigenvalue weighted by atomic mass is 9.85. The van der Waals surface area contributed by atoms with Crippen molar-refractivity contribution in [2.75, 3.05) is 45.9 Å². The van der Waals surface area contributed by atoms with Crippen LogP contribution in [0.25, 0.3) is 0 Å². The van der Waals surface area contributed by atoms with Crippen LogP contribution in [0.2, 0.25) is 0 Å². The maximum atomic E-state index is 13.1. The summed E-state index contributed by atoms with van der Waals surface area (Å²) in [5, 5.41) is 15.7. The predicted molar refractivity (Wildman–Crippen MR) is 111 cm³/mol. The summed E-state index contributed by atoms with van der Waals surface area (Å²) in [6.07, 6.45) is 2.79. The highest BCUT2D eigenvalue weighted by Crippen LogP contribution is 2.25. The molecule has 29 heavy (non-hydrogen) atoms. The molecule has 2 saturated heterocycles. The molecule has 0 aromatic carbocycles. The molecule has 0 bridgehead atoms. The molecule has 2 heterocycles. The highest BCUT2D eigenvalue weighted by molar-refractivity contribution is 5.88. The average Bonchev–Trinajstić information content (AvgIpc) is 2.69. The van der Waals surface area contributed by atoms with Crippen LogP contribution in [0.1, 0.15) is 53.4 Å². The molecule has 0 radical (unpaired) electrons. The molecular weight excluding hydrogens is 370 g/mol. The van der Waals surface area contributed by atoms with E-state index >= 15 is 0 Å². The number of rotatable bonds is 6. The van der Waals surface area contributed by atoms with Crippen molar-refractivity contribution < 1.29 is 14.3 Å². The molecular formula is C21H37N5O3. The van der Waals surface area contributed by atoms with Gasteiger partial charge in [0, 0.05) is 26.2 Å². The van der Waals surface area contributed by atoms with Gasteiger partial charge < -0.3 is 25.2 Å². The Morgan fingerprint density at radius 2 is 1.79 bits per heavy atom. The number of nitriles is 1. The number of piperidine rings is 1. The first-order valence-corrected chi connectivity index (χ1v) is 10.8. The van der Waals surface area contributed by atoms with Gasteiger partial charge in [0.25, 0.3) is 0 Å². The topological polar surface area (TPSA) is 97.7 Å². The van der Waals surface area contributed by atoms with Gasteiger partial charge in [-0.25, -0.2) is 4.79 Å². The van der Waals surface area contributed by atoms with Crippen molar-refractivity contribution in [1.29, 1.82) is 5.26 Å². The van der Waals surface area contributed by atoms with Gasteiger partial charge in [-0.15, -0.1) is 0 Å². The van der Waals surface area contributed by atoms with E-state index in [1.165, 1.54) is 0 Å². The zero-order valence-corrected chi connectivity index (χ0v) is 18.4. The first-order valence-electron chi connectivity index (χ1n) is 10.8. The van der Waals surface area contributed by atoms with E-state index < -0.39 is 11.6 Å². The van der Waals surface area contributed by atoms with Crippen LogP contribution in [0.15, 0.2) is 0 Å². The SMILES string of the molecule is CCCN1CCC(C#N)(NC(=O)[C@H](CC(C)(C)C)NC(=O)N2CCOCC2)CC1. The van der Waals surface area contributed by atoms with E-state index in [0.717, 1.165) is 26.1 Å². The molecule has 164 valence electrons. The summed E-state index contributed by atoms with van der Waals surface area (Å²) in [7, 11) is 0. The fourth-order valence-electron chi connectivity index (χ4n) is 3.89. The number of hydrogen-bond donors (Lipinski definition) is 2. The number of nitrogens with one attached hydrogen (secondary N) is 2. The van der Waals surface area contributed by atoms with Gasteiger partial charge in [-0.2, -0.15) is 5.26 Å². The van der Waals surface area contributed by atoms with E-state index in [4.69, 9.17) is 4.74 Å². The summed E-state index contributed by atoms with van der Waals surface area (Å²) in [5.41, 5.74) is -1.01. The predicted octanol–water partition coefficient (Wildman–Crippen LogP) is 1.72. The third-order valence-electron chi connectivity index (χ3n) is 5.55. The largest absolute Gasteiger partial charge is 0.378 e. The molecule has 0 spiro atoms. The Balaban J connectivity index is 2.04. The zero-order valence-electron chi connectivity index (χ0n) is 18.4. The van der Waals surface area contributed by atoms with Crippen LogP contribution >= 0.6 is 0 Å². The molecule has 0 unspecified atom stereocenters. The molecule has 3 amide bonds. The van der Waals surface area contributed by atoms with Crippen molar-refractivity contribution in [2.24, 2.45) is 5.41 Å². The fourth-order valence-corrected chi connectivity index (χ4v) is 3.89.